The van der Waals surface area contributed by atoms with E-state index in [1.165, 1.54) is 7.11 Å². The summed E-state index contributed by atoms with van der Waals surface area (Å²) >= 11 is 0. The van der Waals surface area contributed by atoms with Crippen molar-refractivity contribution in [2.24, 2.45) is 0 Å². The van der Waals surface area contributed by atoms with Crippen LogP contribution in [-0.2, 0) is 20.9 Å². The lowest BCUT2D eigenvalue weighted by molar-refractivity contribution is -0.151. The van der Waals surface area contributed by atoms with Crippen molar-refractivity contribution in [1.29, 1.82) is 0 Å². The first-order chi connectivity index (χ1) is 16.6. The van der Waals surface area contributed by atoms with E-state index in [0.717, 1.165) is 12.1 Å². The van der Waals surface area contributed by atoms with Crippen molar-refractivity contribution in [1.82, 2.24) is 25.1 Å². The van der Waals surface area contributed by atoms with Crippen LogP contribution in [-0.4, -0.2) is 69.3 Å². The van der Waals surface area contributed by atoms with Crippen molar-refractivity contribution in [3.8, 4) is 11.4 Å². The average Bonchev–Trinajstić information content (AvgIpc) is 3.38. The fourth-order valence-electron chi connectivity index (χ4n) is 4.49. The lowest BCUT2D eigenvalue weighted by atomic mass is 9.84. The predicted octanol–water partition coefficient (Wildman–Crippen LogP) is 2.79. The van der Waals surface area contributed by atoms with Crippen molar-refractivity contribution in [3.63, 3.8) is 0 Å². The molecule has 34 heavy (non-hydrogen) atoms. The van der Waals surface area contributed by atoms with Crippen molar-refractivity contribution < 1.29 is 14.3 Å². The molecule has 9 heteroatoms. The number of tetrazole rings is 1. The fraction of sp³-hybridized carbons (Fsp3) is 0.400. The molecule has 1 amide bonds. The van der Waals surface area contributed by atoms with Crippen LogP contribution < -0.4 is 4.90 Å². The van der Waals surface area contributed by atoms with Gasteiger partial charge in [0.25, 0.3) is 0 Å². The molecule has 0 N–H and O–H groups in total. The van der Waals surface area contributed by atoms with Crippen molar-refractivity contribution in [2.75, 3.05) is 31.6 Å². The molecular formula is C25H30N6O3. The van der Waals surface area contributed by atoms with Gasteiger partial charge >= 0.3 is 5.97 Å². The number of methoxy groups -OCH3 is 1. The first-order valence-electron chi connectivity index (χ1n) is 11.6. The highest BCUT2D eigenvalue weighted by molar-refractivity contribution is 6.02. The number of piperidine rings is 1. The number of benzene rings is 2. The van der Waals surface area contributed by atoms with Crippen molar-refractivity contribution >= 4 is 17.6 Å². The van der Waals surface area contributed by atoms with Gasteiger partial charge in [-0.25, -0.2) is 4.79 Å². The summed E-state index contributed by atoms with van der Waals surface area (Å²) in [5, 5.41) is 12.8. The molecule has 1 aromatic heterocycles. The van der Waals surface area contributed by atoms with E-state index >= 15 is 0 Å². The van der Waals surface area contributed by atoms with Crippen LogP contribution in [0.1, 0.15) is 26.2 Å². The highest BCUT2D eigenvalue weighted by atomic mass is 16.5. The topological polar surface area (TPSA) is 93.5 Å². The third kappa shape index (κ3) is 4.84. The number of ether oxygens (including phenoxy) is 1. The molecule has 9 nitrogen and oxygen atoms in total. The van der Waals surface area contributed by atoms with Gasteiger partial charge in [-0.1, -0.05) is 55.5 Å². The van der Waals surface area contributed by atoms with Crippen LogP contribution in [0.25, 0.3) is 11.4 Å². The number of hydrogen-bond donors (Lipinski definition) is 0. The number of nitrogens with zero attached hydrogens (tertiary/aromatic N) is 6. The second kappa shape index (κ2) is 10.6. The second-order valence-electron chi connectivity index (χ2n) is 8.36. The Hall–Kier alpha value is -3.59. The largest absolute Gasteiger partial charge is 0.467 e. The van der Waals surface area contributed by atoms with Gasteiger partial charge in [0.05, 0.1) is 13.7 Å². The highest BCUT2D eigenvalue weighted by Crippen LogP contribution is 2.35. The molecule has 0 spiro atoms. The van der Waals surface area contributed by atoms with E-state index in [9.17, 15) is 9.59 Å². The van der Waals surface area contributed by atoms with Crippen LogP contribution in [0.2, 0.25) is 0 Å². The Morgan fingerprint density at radius 3 is 2.26 bits per heavy atom. The smallest absolute Gasteiger partial charge is 0.332 e. The lowest BCUT2D eigenvalue weighted by Crippen LogP contribution is -2.62. The summed E-state index contributed by atoms with van der Waals surface area (Å²) in [5.41, 5.74) is 0.621. The number of carbonyl (C=O) groups is 2. The minimum absolute atomic E-state index is 0.0923. The average molecular weight is 463 g/mol. The quantitative estimate of drug-likeness (QED) is 0.475. The molecular weight excluding hydrogens is 432 g/mol. The summed E-state index contributed by atoms with van der Waals surface area (Å²) in [7, 11) is 1.39. The molecule has 0 atom stereocenters. The molecule has 0 saturated carbocycles. The van der Waals surface area contributed by atoms with Gasteiger partial charge in [0.2, 0.25) is 11.7 Å². The Morgan fingerprint density at radius 2 is 1.65 bits per heavy atom. The Balaban J connectivity index is 1.45. The molecule has 2 aromatic carbocycles. The molecule has 178 valence electrons. The van der Waals surface area contributed by atoms with E-state index < -0.39 is 5.54 Å². The standard InChI is InChI=1S/C25H30N6O3/c1-3-22(32)31(21-12-8-5-9-13-21)25(24(33)34-2)14-16-29(17-15-25)18-19-30-27-23(26-28-30)20-10-6-4-7-11-20/h4-13H,3,14-19H2,1-2H3. The zero-order valence-corrected chi connectivity index (χ0v) is 19.6. The van der Waals surface area contributed by atoms with Crippen LogP contribution in [0.15, 0.2) is 60.7 Å². The Labute approximate surface area is 199 Å². The van der Waals surface area contributed by atoms with Gasteiger partial charge in [0.1, 0.15) is 5.54 Å². The van der Waals surface area contributed by atoms with Crippen LogP contribution in [0.5, 0.6) is 0 Å². The number of carbonyl (C=O) groups excluding carboxylic acids is 2. The third-order valence-electron chi connectivity index (χ3n) is 6.34. The molecule has 1 aliphatic heterocycles. The first-order valence-corrected chi connectivity index (χ1v) is 11.6. The molecule has 2 heterocycles. The summed E-state index contributed by atoms with van der Waals surface area (Å²) in [5.74, 6) is 0.133. The van der Waals surface area contributed by atoms with E-state index in [1.807, 2.05) is 67.6 Å². The second-order valence-corrected chi connectivity index (χ2v) is 8.36. The van der Waals surface area contributed by atoms with Crippen molar-refractivity contribution in [2.45, 2.75) is 38.3 Å². The number of aromatic nitrogens is 4. The number of esters is 1. The molecule has 0 unspecified atom stereocenters. The van der Waals surface area contributed by atoms with E-state index in [0.29, 0.717) is 50.4 Å². The lowest BCUT2D eigenvalue weighted by Gasteiger charge is -2.46. The Bertz CT molecular complexity index is 1090. The maximum atomic E-state index is 13.1. The predicted molar refractivity (Wildman–Crippen MR) is 128 cm³/mol. The van der Waals surface area contributed by atoms with Crippen LogP contribution in [0.4, 0.5) is 5.69 Å². The number of para-hydroxylation sites is 1. The maximum Gasteiger partial charge on any atom is 0.332 e. The molecule has 0 aliphatic carbocycles. The third-order valence-corrected chi connectivity index (χ3v) is 6.34. The minimum atomic E-state index is -1.02. The zero-order valence-electron chi connectivity index (χ0n) is 19.6. The molecule has 1 saturated heterocycles. The highest BCUT2D eigenvalue weighted by Gasteiger charge is 2.49. The van der Waals surface area contributed by atoms with Crippen LogP contribution in [0.3, 0.4) is 0 Å². The van der Waals surface area contributed by atoms with E-state index in [1.54, 1.807) is 9.70 Å². The fourth-order valence-corrected chi connectivity index (χ4v) is 4.49. The maximum absolute atomic E-state index is 13.1. The van der Waals surface area contributed by atoms with Crippen molar-refractivity contribution in [3.05, 3.63) is 60.7 Å². The summed E-state index contributed by atoms with van der Waals surface area (Å²) in [4.78, 5) is 31.6. The number of amides is 1. The molecule has 3 aromatic rings. The first kappa shape index (κ1) is 23.6. The SMILES string of the molecule is CCC(=O)N(c1ccccc1)C1(C(=O)OC)CCN(CCn2nnc(-c3ccccc3)n2)CC1. The normalized spacial score (nSPS) is 15.6. The summed E-state index contributed by atoms with van der Waals surface area (Å²) in [6, 6.07) is 19.1. The van der Waals surface area contributed by atoms with E-state index in [2.05, 4.69) is 20.3 Å². The minimum Gasteiger partial charge on any atom is -0.467 e. The number of hydrogen-bond acceptors (Lipinski definition) is 7. The van der Waals surface area contributed by atoms with Crippen LogP contribution >= 0.6 is 0 Å². The van der Waals surface area contributed by atoms with Gasteiger partial charge < -0.3 is 9.64 Å². The Kier molecular flexibility index (Phi) is 7.32. The van der Waals surface area contributed by atoms with Gasteiger partial charge in [-0.2, -0.15) is 4.80 Å². The van der Waals surface area contributed by atoms with E-state index in [-0.39, 0.29) is 11.9 Å². The molecule has 0 bridgehead atoms. The van der Waals surface area contributed by atoms with Gasteiger partial charge in [-0.05, 0) is 30.2 Å². The Morgan fingerprint density at radius 1 is 1.00 bits per heavy atom. The van der Waals surface area contributed by atoms with Crippen LogP contribution in [0, 0.1) is 0 Å². The zero-order chi connectivity index (χ0) is 24.0. The monoisotopic (exact) mass is 462 g/mol. The number of likely N-dealkylation sites (tertiary alicyclic amines) is 1. The van der Waals surface area contributed by atoms with Gasteiger partial charge in [-0.3, -0.25) is 9.69 Å². The molecule has 0 radical (unpaired) electrons. The summed E-state index contributed by atoms with van der Waals surface area (Å²) in [6.07, 6.45) is 1.28. The number of rotatable bonds is 8. The molecule has 1 aliphatic rings. The molecule has 4 rings (SSSR count). The van der Waals surface area contributed by atoms with Gasteiger partial charge in [-0.15, -0.1) is 10.2 Å². The number of anilines is 1. The summed E-state index contributed by atoms with van der Waals surface area (Å²) in [6.45, 7) is 4.41. The summed E-state index contributed by atoms with van der Waals surface area (Å²) < 4.78 is 5.22. The van der Waals surface area contributed by atoms with Gasteiger partial charge in [0, 0.05) is 37.3 Å². The van der Waals surface area contributed by atoms with E-state index in [4.69, 9.17) is 4.74 Å². The van der Waals surface area contributed by atoms with Gasteiger partial charge in [0.15, 0.2) is 0 Å². The molecule has 1 fully saturated rings.